The molecule has 96 valence electrons. The molecular formula is C13H24N4. The van der Waals surface area contributed by atoms with Gasteiger partial charge in [0.2, 0.25) is 0 Å². The van der Waals surface area contributed by atoms with Gasteiger partial charge in [-0.2, -0.15) is 0 Å². The number of nitrogens with two attached hydrogens (primary N) is 1. The van der Waals surface area contributed by atoms with Crippen molar-refractivity contribution in [1.29, 1.82) is 0 Å². The molecule has 0 radical (unpaired) electrons. The van der Waals surface area contributed by atoms with E-state index in [1.165, 1.54) is 0 Å². The first-order valence-corrected chi connectivity index (χ1v) is 6.23. The third kappa shape index (κ3) is 4.61. The summed E-state index contributed by atoms with van der Waals surface area (Å²) in [6, 6.07) is 6.76. The first kappa shape index (κ1) is 13.8. The van der Waals surface area contributed by atoms with E-state index >= 15 is 0 Å². The van der Waals surface area contributed by atoms with Gasteiger partial charge in [0.15, 0.2) is 0 Å². The van der Waals surface area contributed by atoms with Crippen molar-refractivity contribution < 1.29 is 0 Å². The predicted molar refractivity (Wildman–Crippen MR) is 74.1 cm³/mol. The van der Waals surface area contributed by atoms with Gasteiger partial charge in [-0.25, -0.2) is 4.98 Å². The van der Waals surface area contributed by atoms with E-state index in [0.29, 0.717) is 17.9 Å². The zero-order chi connectivity index (χ0) is 12.8. The average Bonchev–Trinajstić information content (AvgIpc) is 2.23. The Labute approximate surface area is 104 Å². The van der Waals surface area contributed by atoms with Crippen molar-refractivity contribution in [2.24, 2.45) is 0 Å². The number of anilines is 2. The molecule has 0 aliphatic carbocycles. The molecule has 1 aromatic heterocycles. The molecule has 1 heterocycles. The highest BCUT2D eigenvalue weighted by atomic mass is 15.2. The second-order valence-corrected chi connectivity index (χ2v) is 4.80. The minimum Gasteiger partial charge on any atom is -0.384 e. The van der Waals surface area contributed by atoms with Crippen LogP contribution in [-0.2, 0) is 0 Å². The van der Waals surface area contributed by atoms with E-state index in [4.69, 9.17) is 5.73 Å². The molecule has 1 aromatic rings. The van der Waals surface area contributed by atoms with E-state index in [0.717, 1.165) is 18.9 Å². The molecule has 4 heteroatoms. The number of nitrogens with one attached hydrogen (secondary N) is 1. The van der Waals surface area contributed by atoms with Crippen LogP contribution in [0.1, 0.15) is 27.7 Å². The van der Waals surface area contributed by atoms with Gasteiger partial charge in [-0.3, -0.25) is 4.90 Å². The number of rotatable bonds is 6. The van der Waals surface area contributed by atoms with Gasteiger partial charge in [-0.1, -0.05) is 6.07 Å². The molecule has 0 saturated carbocycles. The number of nitrogens with zero attached hydrogens (tertiary/aromatic N) is 2. The van der Waals surface area contributed by atoms with Crippen LogP contribution >= 0.6 is 0 Å². The molecule has 1 rings (SSSR count). The molecule has 0 fully saturated rings. The van der Waals surface area contributed by atoms with Crippen LogP contribution in [0.25, 0.3) is 0 Å². The quantitative estimate of drug-likeness (QED) is 0.795. The van der Waals surface area contributed by atoms with Crippen molar-refractivity contribution in [2.45, 2.75) is 39.8 Å². The van der Waals surface area contributed by atoms with Crippen molar-refractivity contribution in [1.82, 2.24) is 9.88 Å². The largest absolute Gasteiger partial charge is 0.384 e. The van der Waals surface area contributed by atoms with Gasteiger partial charge in [-0.05, 0) is 39.8 Å². The molecule has 0 aliphatic heterocycles. The Morgan fingerprint density at radius 1 is 1.24 bits per heavy atom. The second kappa shape index (κ2) is 6.45. The molecule has 4 nitrogen and oxygen atoms in total. The second-order valence-electron chi connectivity index (χ2n) is 4.80. The van der Waals surface area contributed by atoms with Crippen molar-refractivity contribution in [2.75, 3.05) is 24.1 Å². The maximum atomic E-state index is 5.63. The molecule has 0 aliphatic rings. The standard InChI is InChI=1S/C13H24N4/c1-10(2)17(11(3)4)9-8-15-13-7-5-6-12(14)16-13/h5-7,10-11H,8-9H2,1-4H3,(H3,14,15,16). The summed E-state index contributed by atoms with van der Waals surface area (Å²) in [7, 11) is 0. The highest BCUT2D eigenvalue weighted by molar-refractivity contribution is 5.42. The summed E-state index contributed by atoms with van der Waals surface area (Å²) in [4.78, 5) is 6.65. The number of aromatic nitrogens is 1. The zero-order valence-corrected chi connectivity index (χ0v) is 11.3. The van der Waals surface area contributed by atoms with Crippen molar-refractivity contribution in [3.05, 3.63) is 18.2 Å². The van der Waals surface area contributed by atoms with E-state index < -0.39 is 0 Å². The van der Waals surface area contributed by atoms with Crippen LogP contribution in [0, 0.1) is 0 Å². The fraction of sp³-hybridized carbons (Fsp3) is 0.615. The number of hydrogen-bond acceptors (Lipinski definition) is 4. The topological polar surface area (TPSA) is 54.2 Å². The fourth-order valence-electron chi connectivity index (χ4n) is 1.98. The van der Waals surface area contributed by atoms with Crippen LogP contribution in [0.2, 0.25) is 0 Å². The van der Waals surface area contributed by atoms with Crippen molar-refractivity contribution >= 4 is 11.6 Å². The molecule has 0 unspecified atom stereocenters. The van der Waals surface area contributed by atoms with Gasteiger partial charge in [0.25, 0.3) is 0 Å². The Hall–Kier alpha value is -1.29. The van der Waals surface area contributed by atoms with Gasteiger partial charge in [0.1, 0.15) is 11.6 Å². The first-order valence-electron chi connectivity index (χ1n) is 6.23. The van der Waals surface area contributed by atoms with Crippen LogP contribution in [0.5, 0.6) is 0 Å². The third-order valence-corrected chi connectivity index (χ3v) is 2.77. The van der Waals surface area contributed by atoms with E-state index in [1.807, 2.05) is 12.1 Å². The van der Waals surface area contributed by atoms with E-state index in [2.05, 4.69) is 42.9 Å². The van der Waals surface area contributed by atoms with E-state index in [1.54, 1.807) is 6.07 Å². The number of nitrogen functional groups attached to an aromatic ring is 1. The molecular weight excluding hydrogens is 212 g/mol. The lowest BCUT2D eigenvalue weighted by Gasteiger charge is -2.30. The molecule has 0 saturated heterocycles. The van der Waals surface area contributed by atoms with Gasteiger partial charge in [0, 0.05) is 25.2 Å². The fourth-order valence-corrected chi connectivity index (χ4v) is 1.98. The summed E-state index contributed by atoms with van der Waals surface area (Å²) in [5, 5.41) is 3.29. The van der Waals surface area contributed by atoms with Gasteiger partial charge in [0.05, 0.1) is 0 Å². The summed E-state index contributed by atoms with van der Waals surface area (Å²) < 4.78 is 0. The molecule has 0 aromatic carbocycles. The Morgan fingerprint density at radius 3 is 2.41 bits per heavy atom. The normalized spacial score (nSPS) is 11.5. The lowest BCUT2D eigenvalue weighted by molar-refractivity contribution is 0.182. The maximum absolute atomic E-state index is 5.63. The Kier molecular flexibility index (Phi) is 5.22. The minimum atomic E-state index is 0.555. The molecule has 0 spiro atoms. The smallest absolute Gasteiger partial charge is 0.128 e. The summed E-state index contributed by atoms with van der Waals surface area (Å²) >= 11 is 0. The van der Waals surface area contributed by atoms with Crippen LogP contribution in [-0.4, -0.2) is 35.1 Å². The van der Waals surface area contributed by atoms with Crippen molar-refractivity contribution in [3.63, 3.8) is 0 Å². The summed E-state index contributed by atoms with van der Waals surface area (Å²) in [6.07, 6.45) is 0. The molecule has 0 bridgehead atoms. The average molecular weight is 236 g/mol. The summed E-state index contributed by atoms with van der Waals surface area (Å²) in [6.45, 7) is 10.8. The zero-order valence-electron chi connectivity index (χ0n) is 11.3. The summed E-state index contributed by atoms with van der Waals surface area (Å²) in [5.41, 5.74) is 5.63. The third-order valence-electron chi connectivity index (χ3n) is 2.77. The van der Waals surface area contributed by atoms with Gasteiger partial charge >= 0.3 is 0 Å². The molecule has 0 atom stereocenters. The Morgan fingerprint density at radius 2 is 1.88 bits per heavy atom. The Bertz CT molecular complexity index is 328. The first-order chi connectivity index (χ1) is 8.00. The molecule has 3 N–H and O–H groups in total. The van der Waals surface area contributed by atoms with Crippen LogP contribution < -0.4 is 11.1 Å². The predicted octanol–water partition coefficient (Wildman–Crippen LogP) is 2.19. The monoisotopic (exact) mass is 236 g/mol. The van der Waals surface area contributed by atoms with Crippen LogP contribution in [0.15, 0.2) is 18.2 Å². The van der Waals surface area contributed by atoms with E-state index in [-0.39, 0.29) is 0 Å². The lowest BCUT2D eigenvalue weighted by atomic mass is 10.2. The Balaban J connectivity index is 2.41. The van der Waals surface area contributed by atoms with E-state index in [9.17, 15) is 0 Å². The minimum absolute atomic E-state index is 0.555. The van der Waals surface area contributed by atoms with Crippen molar-refractivity contribution in [3.8, 4) is 0 Å². The van der Waals surface area contributed by atoms with Crippen LogP contribution in [0.3, 0.4) is 0 Å². The molecule has 17 heavy (non-hydrogen) atoms. The molecule has 0 amide bonds. The summed E-state index contributed by atoms with van der Waals surface area (Å²) in [5.74, 6) is 1.40. The highest BCUT2D eigenvalue weighted by Crippen LogP contribution is 2.07. The number of pyridine rings is 1. The number of hydrogen-bond donors (Lipinski definition) is 2. The highest BCUT2D eigenvalue weighted by Gasteiger charge is 2.12. The van der Waals surface area contributed by atoms with Gasteiger partial charge < -0.3 is 11.1 Å². The SMILES string of the molecule is CC(C)N(CCNc1cccc(N)n1)C(C)C. The van der Waals surface area contributed by atoms with Gasteiger partial charge in [-0.15, -0.1) is 0 Å². The maximum Gasteiger partial charge on any atom is 0.128 e. The van der Waals surface area contributed by atoms with Crippen LogP contribution in [0.4, 0.5) is 11.6 Å². The lowest BCUT2D eigenvalue weighted by Crippen LogP contribution is -2.40.